The van der Waals surface area contributed by atoms with Gasteiger partial charge in [0.05, 0.1) is 0 Å². The molecule has 0 bridgehead atoms. The number of halogens is 2. The third-order valence-electron chi connectivity index (χ3n) is 2.10. The number of nitrogens with one attached hydrogen (secondary N) is 1. The van der Waals surface area contributed by atoms with Crippen LogP contribution in [0.1, 0.15) is 5.56 Å². The average Bonchev–Trinajstić information content (AvgIpc) is 2.29. The highest BCUT2D eigenvalue weighted by atomic mass is 35.5. The van der Waals surface area contributed by atoms with Crippen LogP contribution in [-0.2, 0) is 16.0 Å². The van der Waals surface area contributed by atoms with Crippen LogP contribution in [0, 0.1) is 0 Å². The maximum Gasteiger partial charge on any atom is 0.220 e. The van der Waals surface area contributed by atoms with Gasteiger partial charge in [0.25, 0.3) is 0 Å². The van der Waals surface area contributed by atoms with Crippen molar-refractivity contribution in [1.82, 2.24) is 5.32 Å². The highest BCUT2D eigenvalue weighted by Gasteiger charge is 2.34. The molecule has 0 heterocycles. The Morgan fingerprint density at radius 2 is 1.75 bits per heavy atom. The van der Waals surface area contributed by atoms with Gasteiger partial charge in [-0.15, -0.1) is 0 Å². The minimum Gasteiger partial charge on any atom is -0.352 e. The predicted octanol–water partition coefficient (Wildman–Crippen LogP) is 2.53. The van der Waals surface area contributed by atoms with Crippen LogP contribution in [0.4, 0.5) is 0 Å². The highest BCUT2D eigenvalue weighted by molar-refractivity contribution is 6.48. The Kier molecular flexibility index (Phi) is 5.52. The topological polar surface area (TPSA) is 30.5 Å². The summed E-state index contributed by atoms with van der Waals surface area (Å²) >= 11 is 12.1. The Balaban J connectivity index is 2.53. The number of hydrogen-bond donors (Lipinski definition) is 1. The standard InChI is InChI=1S/C11H15Cl2NO2/c1-15-10(16-2)11(12,13)14-8-9-6-4-3-5-7-9/h3-7,10,14H,8H2,1-2H3. The van der Waals surface area contributed by atoms with Crippen LogP contribution in [0.3, 0.4) is 0 Å². The summed E-state index contributed by atoms with van der Waals surface area (Å²) in [5.41, 5.74) is 1.08. The molecule has 1 aromatic rings. The molecule has 3 nitrogen and oxygen atoms in total. The number of rotatable bonds is 6. The molecule has 1 rings (SSSR count). The van der Waals surface area contributed by atoms with Gasteiger partial charge in [0.2, 0.25) is 10.7 Å². The number of methoxy groups -OCH3 is 2. The number of alkyl halides is 2. The fourth-order valence-corrected chi connectivity index (χ4v) is 1.78. The molecule has 0 spiro atoms. The van der Waals surface area contributed by atoms with Crippen molar-refractivity contribution in [3.63, 3.8) is 0 Å². The Hall–Kier alpha value is -0.320. The summed E-state index contributed by atoms with van der Waals surface area (Å²) in [5, 5.41) is 2.96. The van der Waals surface area contributed by atoms with E-state index in [0.29, 0.717) is 6.54 Å². The second-order valence-electron chi connectivity index (χ2n) is 3.27. The molecule has 16 heavy (non-hydrogen) atoms. The van der Waals surface area contributed by atoms with Crippen molar-refractivity contribution in [3.05, 3.63) is 35.9 Å². The molecule has 0 atom stereocenters. The highest BCUT2D eigenvalue weighted by Crippen LogP contribution is 2.25. The van der Waals surface area contributed by atoms with Crippen LogP contribution in [0.15, 0.2) is 30.3 Å². The van der Waals surface area contributed by atoms with Gasteiger partial charge in [-0.3, -0.25) is 5.32 Å². The summed E-state index contributed by atoms with van der Waals surface area (Å²) in [6, 6.07) is 9.80. The summed E-state index contributed by atoms with van der Waals surface area (Å²) in [6.45, 7) is 0.539. The van der Waals surface area contributed by atoms with Crippen LogP contribution in [0.25, 0.3) is 0 Å². The third kappa shape index (κ3) is 3.92. The van der Waals surface area contributed by atoms with Gasteiger partial charge in [-0.05, 0) is 5.56 Å². The fraction of sp³-hybridized carbons (Fsp3) is 0.455. The van der Waals surface area contributed by atoms with Crippen molar-refractivity contribution in [3.8, 4) is 0 Å². The van der Waals surface area contributed by atoms with E-state index in [1.165, 1.54) is 14.2 Å². The van der Waals surface area contributed by atoms with Crippen LogP contribution < -0.4 is 5.32 Å². The minimum atomic E-state index is -1.28. The first-order chi connectivity index (χ1) is 7.60. The van der Waals surface area contributed by atoms with Gasteiger partial charge in [-0.1, -0.05) is 53.5 Å². The lowest BCUT2D eigenvalue weighted by Gasteiger charge is -2.28. The third-order valence-corrected chi connectivity index (χ3v) is 2.72. The number of benzene rings is 1. The van der Waals surface area contributed by atoms with Crippen LogP contribution >= 0.6 is 23.2 Å². The van der Waals surface area contributed by atoms with E-state index in [4.69, 9.17) is 32.7 Å². The zero-order chi connectivity index (χ0) is 12.0. The second kappa shape index (κ2) is 6.42. The summed E-state index contributed by atoms with van der Waals surface area (Å²) in [7, 11) is 2.97. The molecule has 0 saturated carbocycles. The molecule has 0 saturated heterocycles. The first-order valence-electron chi connectivity index (χ1n) is 4.82. The van der Waals surface area contributed by atoms with Crippen molar-refractivity contribution in [1.29, 1.82) is 0 Å². The Morgan fingerprint density at radius 3 is 2.25 bits per heavy atom. The molecular weight excluding hydrogens is 249 g/mol. The first kappa shape index (κ1) is 13.7. The smallest absolute Gasteiger partial charge is 0.220 e. The van der Waals surface area contributed by atoms with Gasteiger partial charge < -0.3 is 9.47 Å². The molecule has 0 amide bonds. The average molecular weight is 264 g/mol. The fourth-order valence-electron chi connectivity index (χ4n) is 1.29. The molecule has 0 radical (unpaired) electrons. The van der Waals surface area contributed by atoms with Gasteiger partial charge >= 0.3 is 0 Å². The molecule has 90 valence electrons. The lowest BCUT2D eigenvalue weighted by molar-refractivity contribution is -0.116. The monoisotopic (exact) mass is 263 g/mol. The summed E-state index contributed by atoms with van der Waals surface area (Å²) in [5.74, 6) is 0. The Morgan fingerprint density at radius 1 is 1.19 bits per heavy atom. The van der Waals surface area contributed by atoms with E-state index in [9.17, 15) is 0 Å². The zero-order valence-corrected chi connectivity index (χ0v) is 10.8. The normalized spacial score (nSPS) is 12.1. The van der Waals surface area contributed by atoms with E-state index in [2.05, 4.69) is 5.32 Å². The summed E-state index contributed by atoms with van der Waals surface area (Å²) < 4.78 is 8.73. The maximum atomic E-state index is 6.06. The summed E-state index contributed by atoms with van der Waals surface area (Å²) in [4.78, 5) is 0. The van der Waals surface area contributed by atoms with E-state index >= 15 is 0 Å². The van der Waals surface area contributed by atoms with Gasteiger partial charge in [-0.2, -0.15) is 0 Å². The zero-order valence-electron chi connectivity index (χ0n) is 9.24. The summed E-state index contributed by atoms with van der Waals surface area (Å²) in [6.07, 6.45) is -0.723. The van der Waals surface area contributed by atoms with E-state index in [1.54, 1.807) is 0 Å². The quantitative estimate of drug-likeness (QED) is 0.486. The largest absolute Gasteiger partial charge is 0.352 e. The lowest BCUT2D eigenvalue weighted by Crippen LogP contribution is -2.46. The van der Waals surface area contributed by atoms with Gasteiger partial charge in [0.15, 0.2) is 0 Å². The Labute approximate surface area is 106 Å². The SMILES string of the molecule is COC(OC)C(Cl)(Cl)NCc1ccccc1. The van der Waals surface area contributed by atoms with E-state index in [-0.39, 0.29) is 0 Å². The van der Waals surface area contributed by atoms with Crippen molar-refractivity contribution >= 4 is 23.2 Å². The number of hydrogen-bond acceptors (Lipinski definition) is 3. The van der Waals surface area contributed by atoms with Crippen molar-refractivity contribution in [2.24, 2.45) is 0 Å². The van der Waals surface area contributed by atoms with Crippen LogP contribution in [0.2, 0.25) is 0 Å². The molecule has 0 aliphatic heterocycles. The van der Waals surface area contributed by atoms with Gasteiger partial charge in [0.1, 0.15) is 0 Å². The van der Waals surface area contributed by atoms with E-state index < -0.39 is 10.7 Å². The molecule has 5 heteroatoms. The van der Waals surface area contributed by atoms with Gasteiger partial charge in [0, 0.05) is 20.8 Å². The van der Waals surface area contributed by atoms with E-state index in [1.807, 2.05) is 30.3 Å². The van der Waals surface area contributed by atoms with Gasteiger partial charge in [-0.25, -0.2) is 0 Å². The molecule has 0 aliphatic carbocycles. The minimum absolute atomic E-state index is 0.539. The van der Waals surface area contributed by atoms with E-state index in [0.717, 1.165) is 5.56 Å². The first-order valence-corrected chi connectivity index (χ1v) is 5.58. The van der Waals surface area contributed by atoms with Crippen LogP contribution in [-0.4, -0.2) is 25.0 Å². The van der Waals surface area contributed by atoms with Crippen molar-refractivity contribution < 1.29 is 9.47 Å². The lowest BCUT2D eigenvalue weighted by atomic mass is 10.2. The maximum absolute atomic E-state index is 6.06. The van der Waals surface area contributed by atoms with Crippen molar-refractivity contribution in [2.75, 3.05) is 14.2 Å². The molecule has 0 aromatic heterocycles. The second-order valence-corrected chi connectivity index (χ2v) is 4.65. The molecule has 1 aromatic carbocycles. The molecular formula is C11H15Cl2NO2. The molecule has 1 N–H and O–H groups in total. The molecule has 0 unspecified atom stereocenters. The predicted molar refractivity (Wildman–Crippen MR) is 65.5 cm³/mol. The van der Waals surface area contributed by atoms with Crippen LogP contribution in [0.5, 0.6) is 0 Å². The Bertz CT molecular complexity index is 302. The number of ether oxygens (including phenoxy) is 2. The molecule has 0 aliphatic rings. The molecule has 0 fully saturated rings. The van der Waals surface area contributed by atoms with Crippen molar-refractivity contribution in [2.45, 2.75) is 17.3 Å².